The Morgan fingerprint density at radius 1 is 1.26 bits per heavy atom. The summed E-state index contributed by atoms with van der Waals surface area (Å²) >= 11 is 0. The van der Waals surface area contributed by atoms with E-state index in [2.05, 4.69) is 56.5 Å². The molecule has 0 aromatic heterocycles. The van der Waals surface area contributed by atoms with Gasteiger partial charge in [0.1, 0.15) is 0 Å². The van der Waals surface area contributed by atoms with Crippen LogP contribution >= 0.6 is 12.4 Å². The maximum atomic E-state index is 12.2. The number of amides is 1. The van der Waals surface area contributed by atoms with Crippen molar-refractivity contribution in [2.45, 2.75) is 71.3 Å². The molecule has 1 saturated heterocycles. The van der Waals surface area contributed by atoms with E-state index in [0.29, 0.717) is 24.3 Å². The van der Waals surface area contributed by atoms with Crippen LogP contribution < -0.4 is 10.6 Å². The Morgan fingerprint density at radius 3 is 2.57 bits per heavy atom. The Balaban J connectivity index is 0.00000264. The Labute approximate surface area is 147 Å². The topological polar surface area (TPSA) is 41.1 Å². The SMILES string of the molecule is CC(C)c1ccc(NC(=O)CCC2CCCN2)c(C(C)C)c1.Cl. The Morgan fingerprint density at radius 2 is 2.00 bits per heavy atom. The van der Waals surface area contributed by atoms with Crippen molar-refractivity contribution in [1.82, 2.24) is 5.32 Å². The quantitative estimate of drug-likeness (QED) is 0.780. The van der Waals surface area contributed by atoms with E-state index < -0.39 is 0 Å². The normalized spacial score (nSPS) is 17.4. The fraction of sp³-hybridized carbons (Fsp3) is 0.632. The highest BCUT2D eigenvalue weighted by atomic mass is 35.5. The van der Waals surface area contributed by atoms with Gasteiger partial charge in [0.25, 0.3) is 0 Å². The number of anilines is 1. The van der Waals surface area contributed by atoms with E-state index in [4.69, 9.17) is 0 Å². The molecular formula is C19H31ClN2O. The van der Waals surface area contributed by atoms with Crippen LogP contribution in [0.3, 0.4) is 0 Å². The van der Waals surface area contributed by atoms with Gasteiger partial charge in [-0.15, -0.1) is 12.4 Å². The Bertz CT molecular complexity index is 508. The van der Waals surface area contributed by atoms with Crippen molar-refractivity contribution in [2.75, 3.05) is 11.9 Å². The second-order valence-electron chi connectivity index (χ2n) is 7.04. The molecule has 1 aliphatic rings. The highest BCUT2D eigenvalue weighted by molar-refractivity contribution is 5.91. The molecule has 0 saturated carbocycles. The first-order chi connectivity index (χ1) is 10.5. The first kappa shape index (κ1) is 20.0. The molecule has 1 aromatic rings. The summed E-state index contributed by atoms with van der Waals surface area (Å²) in [7, 11) is 0. The molecule has 1 atom stereocenters. The number of carbonyl (C=O) groups is 1. The van der Waals surface area contributed by atoms with E-state index in [0.717, 1.165) is 18.7 Å². The third-order valence-electron chi connectivity index (χ3n) is 4.52. The van der Waals surface area contributed by atoms with Crippen LogP contribution in [-0.2, 0) is 4.79 Å². The molecule has 2 N–H and O–H groups in total. The summed E-state index contributed by atoms with van der Waals surface area (Å²) in [5.41, 5.74) is 3.54. The van der Waals surface area contributed by atoms with Gasteiger partial charge in [0, 0.05) is 18.2 Å². The van der Waals surface area contributed by atoms with Gasteiger partial charge in [0.15, 0.2) is 0 Å². The zero-order valence-electron chi connectivity index (χ0n) is 14.8. The third kappa shape index (κ3) is 5.82. The number of rotatable bonds is 6. The first-order valence-corrected chi connectivity index (χ1v) is 8.64. The van der Waals surface area contributed by atoms with Gasteiger partial charge in [-0.2, -0.15) is 0 Å². The lowest BCUT2D eigenvalue weighted by molar-refractivity contribution is -0.116. The number of carbonyl (C=O) groups excluding carboxylic acids is 1. The van der Waals surface area contributed by atoms with Crippen LogP contribution in [-0.4, -0.2) is 18.5 Å². The smallest absolute Gasteiger partial charge is 0.224 e. The van der Waals surface area contributed by atoms with Gasteiger partial charge >= 0.3 is 0 Å². The molecule has 1 aromatic carbocycles. The van der Waals surface area contributed by atoms with Gasteiger partial charge in [-0.3, -0.25) is 4.79 Å². The van der Waals surface area contributed by atoms with Crippen LogP contribution in [0, 0.1) is 0 Å². The number of nitrogens with one attached hydrogen (secondary N) is 2. The summed E-state index contributed by atoms with van der Waals surface area (Å²) in [5, 5.41) is 6.56. The lowest BCUT2D eigenvalue weighted by Crippen LogP contribution is -2.23. The van der Waals surface area contributed by atoms with Gasteiger partial charge in [0.2, 0.25) is 5.91 Å². The van der Waals surface area contributed by atoms with E-state index in [-0.39, 0.29) is 18.3 Å². The number of benzene rings is 1. The minimum atomic E-state index is 0. The standard InChI is InChI=1S/C19H30N2O.ClH/c1-13(2)15-7-9-18(17(12-15)14(3)4)21-19(22)10-8-16-6-5-11-20-16;/h7,9,12-14,16,20H,5-6,8,10-11H2,1-4H3,(H,21,22);1H. The monoisotopic (exact) mass is 338 g/mol. The summed E-state index contributed by atoms with van der Waals surface area (Å²) in [6.45, 7) is 9.86. The van der Waals surface area contributed by atoms with Crippen molar-refractivity contribution < 1.29 is 4.79 Å². The van der Waals surface area contributed by atoms with Crippen molar-refractivity contribution in [3.63, 3.8) is 0 Å². The molecule has 23 heavy (non-hydrogen) atoms. The number of halogens is 1. The molecular weight excluding hydrogens is 308 g/mol. The molecule has 3 nitrogen and oxygen atoms in total. The van der Waals surface area contributed by atoms with Crippen molar-refractivity contribution in [3.05, 3.63) is 29.3 Å². The fourth-order valence-corrected chi connectivity index (χ4v) is 3.05. The van der Waals surface area contributed by atoms with Crippen molar-refractivity contribution in [3.8, 4) is 0 Å². The van der Waals surface area contributed by atoms with Crippen LogP contribution in [0.4, 0.5) is 5.69 Å². The van der Waals surface area contributed by atoms with E-state index in [1.54, 1.807) is 0 Å². The molecule has 0 aliphatic carbocycles. The summed E-state index contributed by atoms with van der Waals surface area (Å²) in [6, 6.07) is 6.96. The Kier molecular flexibility index (Phi) is 8.07. The predicted octanol–water partition coefficient (Wildman–Crippen LogP) is 4.83. The van der Waals surface area contributed by atoms with E-state index >= 15 is 0 Å². The molecule has 2 rings (SSSR count). The van der Waals surface area contributed by atoms with Crippen LogP contribution in [0.15, 0.2) is 18.2 Å². The highest BCUT2D eigenvalue weighted by Crippen LogP contribution is 2.28. The summed E-state index contributed by atoms with van der Waals surface area (Å²) in [6.07, 6.45) is 3.97. The average molecular weight is 339 g/mol. The molecule has 0 radical (unpaired) electrons. The summed E-state index contributed by atoms with van der Waals surface area (Å²) in [5.74, 6) is 1.05. The van der Waals surface area contributed by atoms with E-state index in [1.165, 1.54) is 24.0 Å². The maximum Gasteiger partial charge on any atom is 0.224 e. The maximum absolute atomic E-state index is 12.2. The zero-order chi connectivity index (χ0) is 16.1. The van der Waals surface area contributed by atoms with Crippen LogP contribution in [0.5, 0.6) is 0 Å². The van der Waals surface area contributed by atoms with Gasteiger partial charge in [0.05, 0.1) is 0 Å². The van der Waals surface area contributed by atoms with Gasteiger partial charge < -0.3 is 10.6 Å². The second kappa shape index (κ2) is 9.29. The lowest BCUT2D eigenvalue weighted by Gasteiger charge is -2.17. The molecule has 130 valence electrons. The third-order valence-corrected chi connectivity index (χ3v) is 4.52. The minimum absolute atomic E-state index is 0. The predicted molar refractivity (Wildman–Crippen MR) is 101 cm³/mol. The lowest BCUT2D eigenvalue weighted by atomic mass is 9.94. The van der Waals surface area contributed by atoms with Gasteiger partial charge in [-0.05, 0) is 54.8 Å². The molecule has 0 bridgehead atoms. The van der Waals surface area contributed by atoms with Crippen molar-refractivity contribution in [2.24, 2.45) is 0 Å². The molecule has 1 heterocycles. The summed E-state index contributed by atoms with van der Waals surface area (Å²) < 4.78 is 0. The zero-order valence-corrected chi connectivity index (χ0v) is 15.6. The second-order valence-corrected chi connectivity index (χ2v) is 7.04. The average Bonchev–Trinajstić information content (AvgIpc) is 2.98. The Hall–Kier alpha value is -1.06. The molecule has 1 amide bonds. The van der Waals surface area contributed by atoms with Gasteiger partial charge in [-0.1, -0.05) is 39.8 Å². The minimum Gasteiger partial charge on any atom is -0.326 e. The van der Waals surface area contributed by atoms with Crippen molar-refractivity contribution >= 4 is 24.0 Å². The van der Waals surface area contributed by atoms with Crippen LogP contribution in [0.25, 0.3) is 0 Å². The van der Waals surface area contributed by atoms with Crippen LogP contribution in [0.1, 0.15) is 76.3 Å². The van der Waals surface area contributed by atoms with Crippen molar-refractivity contribution in [1.29, 1.82) is 0 Å². The molecule has 4 heteroatoms. The largest absolute Gasteiger partial charge is 0.326 e. The van der Waals surface area contributed by atoms with Gasteiger partial charge in [-0.25, -0.2) is 0 Å². The van der Waals surface area contributed by atoms with E-state index in [1.807, 2.05) is 0 Å². The number of hydrogen-bond acceptors (Lipinski definition) is 2. The fourth-order valence-electron chi connectivity index (χ4n) is 3.05. The number of hydrogen-bond donors (Lipinski definition) is 2. The van der Waals surface area contributed by atoms with Crippen LogP contribution in [0.2, 0.25) is 0 Å². The first-order valence-electron chi connectivity index (χ1n) is 8.64. The molecule has 0 spiro atoms. The summed E-state index contributed by atoms with van der Waals surface area (Å²) in [4.78, 5) is 12.2. The highest BCUT2D eigenvalue weighted by Gasteiger charge is 2.16. The molecule has 1 aliphatic heterocycles. The molecule has 1 unspecified atom stereocenters. The van der Waals surface area contributed by atoms with E-state index in [9.17, 15) is 4.79 Å². The molecule has 1 fully saturated rings.